The first-order valence-corrected chi connectivity index (χ1v) is 5.86. The molecule has 0 unspecified atom stereocenters. The largest absolute Gasteiger partial charge is 0.506 e. The molecule has 96 valence electrons. The summed E-state index contributed by atoms with van der Waals surface area (Å²) in [7, 11) is 0. The normalized spacial score (nSPS) is 18.9. The molecule has 0 radical (unpaired) electrons. The molecule has 1 N–H and O–H groups in total. The van der Waals surface area contributed by atoms with Crippen LogP contribution < -0.4 is 0 Å². The maximum atomic E-state index is 12.1. The van der Waals surface area contributed by atoms with Crippen molar-refractivity contribution < 1.29 is 14.6 Å². The molecule has 0 aliphatic carbocycles. The van der Waals surface area contributed by atoms with E-state index in [9.17, 15) is 9.90 Å². The van der Waals surface area contributed by atoms with Gasteiger partial charge in [-0.1, -0.05) is 6.08 Å². The van der Waals surface area contributed by atoms with Gasteiger partial charge in [0, 0.05) is 19.3 Å². The van der Waals surface area contributed by atoms with Gasteiger partial charge in [0.25, 0.3) is 5.91 Å². The predicted octanol–water partition coefficient (Wildman–Crippen LogP) is 1.20. The second-order valence-electron chi connectivity index (χ2n) is 4.22. The molecular weight excluding hydrogens is 232 g/mol. The average Bonchev–Trinajstić information content (AvgIpc) is 2.84. The molecule has 1 aromatic rings. The summed E-state index contributed by atoms with van der Waals surface area (Å²) in [5, 5.41) is 9.30. The van der Waals surface area contributed by atoms with Gasteiger partial charge in [0.2, 0.25) is 0 Å². The van der Waals surface area contributed by atoms with Crippen LogP contribution in [0.2, 0.25) is 0 Å². The lowest BCUT2D eigenvalue weighted by Crippen LogP contribution is -2.30. The molecule has 0 bridgehead atoms. The Morgan fingerprint density at radius 3 is 3.22 bits per heavy atom. The molecule has 2 rings (SSSR count). The van der Waals surface area contributed by atoms with Crippen molar-refractivity contribution in [1.82, 2.24) is 9.88 Å². The number of ether oxygens (including phenoxy) is 1. The van der Waals surface area contributed by atoms with Gasteiger partial charge < -0.3 is 14.7 Å². The molecule has 5 nitrogen and oxygen atoms in total. The van der Waals surface area contributed by atoms with Gasteiger partial charge in [0.15, 0.2) is 0 Å². The van der Waals surface area contributed by atoms with E-state index in [2.05, 4.69) is 11.6 Å². The van der Waals surface area contributed by atoms with E-state index in [1.165, 1.54) is 18.5 Å². The zero-order chi connectivity index (χ0) is 13.0. The van der Waals surface area contributed by atoms with Crippen molar-refractivity contribution in [3.63, 3.8) is 0 Å². The first-order valence-electron chi connectivity index (χ1n) is 5.86. The van der Waals surface area contributed by atoms with Crippen LogP contribution in [0, 0.1) is 0 Å². The van der Waals surface area contributed by atoms with Crippen LogP contribution in [0.5, 0.6) is 5.75 Å². The fourth-order valence-electron chi connectivity index (χ4n) is 1.98. The molecule has 0 saturated carbocycles. The SMILES string of the molecule is C=CCO[C@H]1CCN(C(=O)c2cncc(O)c2)C1. The van der Waals surface area contributed by atoms with Crippen molar-refractivity contribution in [1.29, 1.82) is 0 Å². The topological polar surface area (TPSA) is 62.7 Å². The molecule has 1 aliphatic rings. The highest BCUT2D eigenvalue weighted by Gasteiger charge is 2.27. The van der Waals surface area contributed by atoms with Crippen LogP contribution >= 0.6 is 0 Å². The average molecular weight is 248 g/mol. The number of carbonyl (C=O) groups is 1. The monoisotopic (exact) mass is 248 g/mol. The van der Waals surface area contributed by atoms with E-state index in [-0.39, 0.29) is 17.8 Å². The zero-order valence-corrected chi connectivity index (χ0v) is 10.1. The first-order chi connectivity index (χ1) is 8.70. The van der Waals surface area contributed by atoms with Gasteiger partial charge in [-0.15, -0.1) is 6.58 Å². The molecule has 18 heavy (non-hydrogen) atoms. The third kappa shape index (κ3) is 2.87. The minimum Gasteiger partial charge on any atom is -0.506 e. The molecule has 1 amide bonds. The highest BCUT2D eigenvalue weighted by molar-refractivity contribution is 5.94. The van der Waals surface area contributed by atoms with Crippen molar-refractivity contribution in [2.75, 3.05) is 19.7 Å². The number of hydrogen-bond donors (Lipinski definition) is 1. The smallest absolute Gasteiger partial charge is 0.255 e. The number of aromatic nitrogens is 1. The summed E-state index contributed by atoms with van der Waals surface area (Å²) in [5.74, 6) is -0.123. The second kappa shape index (κ2) is 5.64. The van der Waals surface area contributed by atoms with Gasteiger partial charge in [-0.3, -0.25) is 9.78 Å². The van der Waals surface area contributed by atoms with Crippen LogP contribution in [0.4, 0.5) is 0 Å². The van der Waals surface area contributed by atoms with Crippen LogP contribution in [-0.2, 0) is 4.74 Å². The van der Waals surface area contributed by atoms with Gasteiger partial charge >= 0.3 is 0 Å². The fourth-order valence-corrected chi connectivity index (χ4v) is 1.98. The maximum absolute atomic E-state index is 12.1. The molecule has 0 aromatic carbocycles. The lowest BCUT2D eigenvalue weighted by Gasteiger charge is -2.16. The highest BCUT2D eigenvalue weighted by Crippen LogP contribution is 2.17. The summed E-state index contributed by atoms with van der Waals surface area (Å²) >= 11 is 0. The van der Waals surface area contributed by atoms with E-state index in [1.54, 1.807) is 11.0 Å². The van der Waals surface area contributed by atoms with Crippen LogP contribution in [0.3, 0.4) is 0 Å². The lowest BCUT2D eigenvalue weighted by molar-refractivity contribution is 0.0653. The van der Waals surface area contributed by atoms with Crippen molar-refractivity contribution in [3.8, 4) is 5.75 Å². The Balaban J connectivity index is 1.97. The molecule has 1 fully saturated rings. The molecule has 2 heterocycles. The number of amides is 1. The number of carbonyl (C=O) groups excluding carboxylic acids is 1. The lowest BCUT2D eigenvalue weighted by atomic mass is 10.2. The Kier molecular flexibility index (Phi) is 3.94. The van der Waals surface area contributed by atoms with E-state index < -0.39 is 0 Å². The van der Waals surface area contributed by atoms with E-state index >= 15 is 0 Å². The van der Waals surface area contributed by atoms with Crippen LogP contribution in [0.25, 0.3) is 0 Å². The van der Waals surface area contributed by atoms with E-state index in [0.717, 1.165) is 6.42 Å². The standard InChI is InChI=1S/C13H16N2O3/c1-2-5-18-12-3-4-15(9-12)13(17)10-6-11(16)8-14-7-10/h2,6-8,12,16H,1,3-5,9H2/t12-/m0/s1. The number of aromatic hydroxyl groups is 1. The molecule has 1 aromatic heterocycles. The highest BCUT2D eigenvalue weighted by atomic mass is 16.5. The van der Waals surface area contributed by atoms with E-state index in [0.29, 0.717) is 25.3 Å². The van der Waals surface area contributed by atoms with Crippen LogP contribution in [-0.4, -0.2) is 46.7 Å². The Bertz CT molecular complexity index is 448. The summed E-state index contributed by atoms with van der Waals surface area (Å²) in [6.07, 6.45) is 5.35. The van der Waals surface area contributed by atoms with Gasteiger partial charge in [-0.05, 0) is 12.5 Å². The Morgan fingerprint density at radius 1 is 1.67 bits per heavy atom. The number of rotatable bonds is 4. The van der Waals surface area contributed by atoms with Crippen molar-refractivity contribution in [3.05, 3.63) is 36.7 Å². The third-order valence-corrected chi connectivity index (χ3v) is 2.85. The van der Waals surface area contributed by atoms with Gasteiger partial charge in [-0.2, -0.15) is 0 Å². The van der Waals surface area contributed by atoms with Crippen molar-refractivity contribution in [2.24, 2.45) is 0 Å². The number of nitrogens with zero attached hydrogens (tertiary/aromatic N) is 2. The van der Waals surface area contributed by atoms with Gasteiger partial charge in [-0.25, -0.2) is 0 Å². The Morgan fingerprint density at radius 2 is 2.50 bits per heavy atom. The fraction of sp³-hybridized carbons (Fsp3) is 0.385. The van der Waals surface area contributed by atoms with E-state index in [1.807, 2.05) is 0 Å². The van der Waals surface area contributed by atoms with Crippen molar-refractivity contribution in [2.45, 2.75) is 12.5 Å². The number of pyridine rings is 1. The zero-order valence-electron chi connectivity index (χ0n) is 10.1. The summed E-state index contributed by atoms with van der Waals surface area (Å²) < 4.78 is 5.52. The molecule has 0 spiro atoms. The minimum atomic E-state index is -0.122. The number of hydrogen-bond acceptors (Lipinski definition) is 4. The molecular formula is C13H16N2O3. The second-order valence-corrected chi connectivity index (χ2v) is 4.22. The third-order valence-electron chi connectivity index (χ3n) is 2.85. The summed E-state index contributed by atoms with van der Waals surface area (Å²) in [6, 6.07) is 1.42. The van der Waals surface area contributed by atoms with Crippen LogP contribution in [0.15, 0.2) is 31.1 Å². The van der Waals surface area contributed by atoms with Gasteiger partial charge in [0.1, 0.15) is 5.75 Å². The predicted molar refractivity (Wildman–Crippen MR) is 66.4 cm³/mol. The first kappa shape index (κ1) is 12.6. The Hall–Kier alpha value is -1.88. The molecule has 1 atom stereocenters. The maximum Gasteiger partial charge on any atom is 0.255 e. The van der Waals surface area contributed by atoms with E-state index in [4.69, 9.17) is 4.74 Å². The summed E-state index contributed by atoms with van der Waals surface area (Å²) in [5.41, 5.74) is 0.402. The molecule has 1 aliphatic heterocycles. The molecule has 5 heteroatoms. The Labute approximate surface area is 106 Å². The summed E-state index contributed by atoms with van der Waals surface area (Å²) in [6.45, 7) is 5.33. The van der Waals surface area contributed by atoms with Crippen molar-refractivity contribution >= 4 is 5.91 Å². The minimum absolute atomic E-state index is 0.000459. The van der Waals surface area contributed by atoms with Gasteiger partial charge in [0.05, 0.1) is 24.5 Å². The molecule has 1 saturated heterocycles. The van der Waals surface area contributed by atoms with Crippen LogP contribution in [0.1, 0.15) is 16.8 Å². The quantitative estimate of drug-likeness (QED) is 0.813. The summed E-state index contributed by atoms with van der Waals surface area (Å²) in [4.78, 5) is 17.6. The number of likely N-dealkylation sites (tertiary alicyclic amines) is 1.